The maximum atomic E-state index is 11.7. The molecule has 0 aliphatic carbocycles. The number of carbonyl (C=O) groups is 3. The molecular weight excluding hydrogens is 1840 g/mol. The molecule has 0 unspecified atom stereocenters. The number of esters is 2. The summed E-state index contributed by atoms with van der Waals surface area (Å²) >= 11 is 28.1. The Labute approximate surface area is 1020 Å². The van der Waals surface area contributed by atoms with Crippen LogP contribution in [0.3, 0.4) is 0 Å². The van der Waals surface area contributed by atoms with Crippen LogP contribution in [0.2, 0.25) is 25.5 Å². The minimum atomic E-state index is -1.11. The molecule has 0 atom stereocenters. The number of aliphatic hydroxyl groups excluding tert-OH is 1. The van der Waals surface area contributed by atoms with Gasteiger partial charge in [-0.3, -0.25) is 0 Å². The Morgan fingerprint density at radius 1 is 0.320 bits per heavy atom. The topological polar surface area (TPSA) is 158 Å². The maximum Gasteiger partial charge on any atom is 0.341 e. The van der Waals surface area contributed by atoms with Gasteiger partial charge in [0, 0.05) is 253 Å². The molecule has 0 fully saturated rings. The molecule has 585 valence electrons. The van der Waals surface area contributed by atoms with Crippen molar-refractivity contribution in [2.45, 2.75) is 66.3 Å². The number of nitrogens with zero attached hydrogens (tertiary/aromatic N) is 3. The summed E-state index contributed by atoms with van der Waals surface area (Å²) in [5, 5.41) is 18.3. The number of benzene rings is 1. The molecule has 0 bridgehead atoms. The van der Waals surface area contributed by atoms with E-state index < -0.39 is 298 Å². The Bertz CT molecular complexity index is 3920. The fourth-order valence-corrected chi connectivity index (χ4v) is 19.1. The Morgan fingerprint density at radius 3 is 0.707 bits per heavy atom. The minimum Gasteiger partial charge on any atom is -0.497 e. The highest BCUT2D eigenvalue weighted by Crippen LogP contribution is 2.26. The van der Waals surface area contributed by atoms with Crippen LogP contribution in [-0.4, -0.2) is 764 Å². The van der Waals surface area contributed by atoms with Crippen LogP contribution < -0.4 is 4.74 Å². The van der Waals surface area contributed by atoms with Gasteiger partial charge in [0.15, 0.2) is 0 Å². The first kappa shape index (κ1) is 157. The summed E-state index contributed by atoms with van der Waals surface area (Å²) in [4.78, 5) is 44.8. The van der Waals surface area contributed by atoms with E-state index in [4.69, 9.17) is 454 Å². The molecule has 11 nitrogen and oxygen atoms in total. The number of aromatic carboxylic acids is 1. The number of hydrogen-bond donors (Lipinski definition) is 2. The van der Waals surface area contributed by atoms with E-state index in [2.05, 4.69) is 22.0 Å². The smallest absolute Gasteiger partial charge is 0.341 e. The summed E-state index contributed by atoms with van der Waals surface area (Å²) in [5.74, 6) is -1.17. The van der Waals surface area contributed by atoms with Gasteiger partial charge in [-0.1, -0.05) is 99.7 Å². The lowest BCUT2D eigenvalue weighted by atomic mass is 8.30. The van der Waals surface area contributed by atoms with Crippen molar-refractivity contribution < 1.29 is 38.8 Å². The third-order valence-electron chi connectivity index (χ3n) is 24.2. The zero-order chi connectivity index (χ0) is 118. The Balaban J connectivity index is -0.00000175. The predicted molar refractivity (Wildman–Crippen MR) is 781 cm³/mol. The van der Waals surface area contributed by atoms with Gasteiger partial charge in [0.05, 0.1) is 40.5 Å². The second kappa shape index (κ2) is 76.9. The van der Waals surface area contributed by atoms with Gasteiger partial charge in [0.1, 0.15) is 32.4 Å². The number of carboxylic acids is 1. The van der Waals surface area contributed by atoms with E-state index in [0.29, 0.717) is 10.7 Å². The number of methoxy groups -OCH3 is 1. The number of halogens is 5. The molecule has 3 heterocycles. The zero-order valence-corrected chi connectivity index (χ0v) is 88.3. The van der Waals surface area contributed by atoms with Crippen LogP contribution in [-0.2, 0) is 16.1 Å². The zero-order valence-electron chi connectivity index (χ0n) is 84.5. The van der Waals surface area contributed by atoms with Gasteiger partial charge in [-0.25, -0.2) is 29.3 Å². The van der Waals surface area contributed by atoms with Gasteiger partial charge in [0.25, 0.3) is 0 Å². The molecule has 4 aromatic rings. The van der Waals surface area contributed by atoms with Crippen molar-refractivity contribution in [1.82, 2.24) is 15.0 Å². The fourth-order valence-electron chi connectivity index (χ4n) is 18.0. The largest absolute Gasteiger partial charge is 0.497 e. The van der Waals surface area contributed by atoms with Crippen molar-refractivity contribution in [3.8, 4) is 5.75 Å². The van der Waals surface area contributed by atoms with E-state index in [1.54, 1.807) is 40.9 Å². The summed E-state index contributed by atoms with van der Waals surface area (Å²) in [6.07, 6.45) is -35.3. The molecule has 0 amide bonds. The number of aryl methyl sites for hydroxylation is 1. The molecule has 1 aromatic carbocycles. The third kappa shape index (κ3) is 53.3. The standard InChI is InChI=1S/C11H14ClNO2.C10H11Cl2NO2.C8H10O2.C6H3Cl2NO2.B33H6.B33H3.B33/c1-7-5-9(12)13-6-8(7)10(14)15-11(2,3)4;1-10(2,3)15-9(14)6-5-13-8(12)4-7(6)11;1-10-8-4-2-7(6-9)3-5-8;7-4-1-5(8)9-2-3(4)6(10)11;3*1-18-27(19(2)3)31(26(16)17)33(30(24(12)13)25(14)15)32(28(20(4)5)21(6)7)29(22(8)9)23(10)11/h5-6H,1-4H3;4-5H,1-3H3;2-5,9H,6H2,1H3;1-2H,(H,10,11);1-2H3;1H3;/q;;;;-2;-1;. The van der Waals surface area contributed by atoms with Gasteiger partial charge < -0.3 is 24.4 Å². The summed E-state index contributed by atoms with van der Waals surface area (Å²) in [6, 6.07) is 11.6. The molecule has 4 rings (SSSR count). The lowest BCUT2D eigenvalue weighted by Crippen LogP contribution is -2.89. The van der Waals surface area contributed by atoms with Crippen LogP contribution in [0.1, 0.15) is 83.7 Å². The normalized spacial score (nSPS) is 9.85. The van der Waals surface area contributed by atoms with Crippen molar-refractivity contribution in [3.05, 3.63) is 114 Å². The Hall–Kier alpha value is 2.72. The Kier molecular flexibility index (Phi) is 80.4. The summed E-state index contributed by atoms with van der Waals surface area (Å²) in [6.45, 7) is 12.7. The van der Waals surface area contributed by atoms with Gasteiger partial charge in [-0.05, 0) is 509 Å². The number of pyridine rings is 3. The lowest BCUT2D eigenvalue weighted by Gasteiger charge is -2.52. The van der Waals surface area contributed by atoms with Crippen LogP contribution >= 0.6 is 58.0 Å². The molecule has 0 aliphatic heterocycles. The lowest BCUT2D eigenvalue weighted by molar-refractivity contribution is 0.00561. The number of ether oxygens (including phenoxy) is 3. The fraction of sp³-hybridized carbons (Fsp3) is 0.314. The van der Waals surface area contributed by atoms with Crippen molar-refractivity contribution in [3.63, 3.8) is 0 Å². The molecule has 0 saturated heterocycles. The highest BCUT2D eigenvalue weighted by molar-refractivity contribution is 8.33. The van der Waals surface area contributed by atoms with E-state index in [9.17, 15) is 14.4 Å². The second-order valence-corrected chi connectivity index (χ2v) is 39.9. The van der Waals surface area contributed by atoms with E-state index in [0.717, 1.165) is 23.1 Å². The highest BCUT2D eigenvalue weighted by atomic mass is 35.5. The monoisotopic (exact) mass is 1900 g/mol. The van der Waals surface area contributed by atoms with E-state index >= 15 is 0 Å². The maximum absolute atomic E-state index is 11.7. The van der Waals surface area contributed by atoms with Gasteiger partial charge in [-0.2, -0.15) is 14.1 Å². The molecule has 0 aliphatic rings. The van der Waals surface area contributed by atoms with E-state index in [1.807, 2.05) is 52.1 Å². The van der Waals surface area contributed by atoms with Crippen LogP contribution in [0.25, 0.3) is 0 Å². The van der Waals surface area contributed by atoms with Crippen molar-refractivity contribution in [2.75, 3.05) is 7.11 Å². The number of hydrogen-bond acceptors (Lipinski definition) is 10. The average molecular weight is 1890 g/mol. The molecule has 2 N–H and O–H groups in total. The van der Waals surface area contributed by atoms with E-state index in [1.165, 1.54) is 31.6 Å². The first-order chi connectivity index (χ1) is 68.6. The predicted octanol–water partition coefficient (Wildman–Crippen LogP) is -30.5. The number of carboxylic acid groups (broad SMARTS) is 1. The SMILES string of the molecule is CC(C)(C)OC(=O)c1cnc(Cl)cc1Cl.COc1ccc(CO)cc1.Cc1cc(Cl)ncc1C(=O)OC(C)(C)C.O=C(O)c1cnc(Cl)cc1Cl.[B]B([B])B(B([B])[B])B(B(B([B])[B])B([B])[B])B(B(B([B])[B])B([B])[B])B(B([B])[B])B([B][BH3-])B([B])[BH3-].[B]B([B])B([B][BH3-])B(B([B])[B])B(B(B([B])[B])B([B])[B])B(B(B([B])[B])B([B])[B])B(B([B])[B])B([B])[B].[B][B]B(B([B])[B])B(B([B])[B])B(B(B([B])[B])B([B])[B])B(B(B([B])[B])B([B])[B])B(B([B])[B])B([B])[B]. The van der Waals surface area contributed by atoms with Gasteiger partial charge in [-0.15, -0.1) is 6.39 Å². The molecular formula is C35H47B99Cl5N3O8-3. The van der Waals surface area contributed by atoms with Crippen molar-refractivity contribution in [2.24, 2.45) is 0 Å². The van der Waals surface area contributed by atoms with Crippen LogP contribution in [0.4, 0.5) is 0 Å². The molecule has 115 heteroatoms. The third-order valence-corrected chi connectivity index (χ3v) is 25.4. The first-order valence-electron chi connectivity index (χ1n) is 45.7. The molecule has 3 aromatic heterocycles. The quantitative estimate of drug-likeness (QED) is 0.0246. The molecule has 99 radical (unpaired) electrons. The minimum absolute atomic E-state index is 0.0453. The Morgan fingerprint density at radius 2 is 0.527 bits per heavy atom. The average Bonchev–Trinajstić information content (AvgIpc) is 0.765. The second-order valence-electron chi connectivity index (χ2n) is 37.9. The summed E-state index contributed by atoms with van der Waals surface area (Å²) in [5.41, 5.74) is 1.25. The van der Waals surface area contributed by atoms with Crippen LogP contribution in [0.5, 0.6) is 5.75 Å². The number of aromatic nitrogens is 3. The number of rotatable bonds is 50. The van der Waals surface area contributed by atoms with Crippen LogP contribution in [0.15, 0.2) is 61.1 Å². The highest BCUT2D eigenvalue weighted by Gasteiger charge is 2.58. The van der Waals surface area contributed by atoms with Crippen molar-refractivity contribution in [1.29, 1.82) is 0 Å². The van der Waals surface area contributed by atoms with Gasteiger partial charge in [0.2, 0.25) is 0 Å². The number of aliphatic hydroxyl groups is 1. The van der Waals surface area contributed by atoms with Crippen LogP contribution in [0, 0.1) is 6.92 Å². The molecule has 0 saturated carbocycles. The molecule has 0 spiro atoms. The van der Waals surface area contributed by atoms with E-state index in [-0.39, 0.29) is 80.0 Å². The summed E-state index contributed by atoms with van der Waals surface area (Å²) in [7, 11) is 302. The summed E-state index contributed by atoms with van der Waals surface area (Å²) < 4.78 is 15.3. The molecule has 150 heavy (non-hydrogen) atoms. The van der Waals surface area contributed by atoms with Crippen molar-refractivity contribution >= 4 is 779 Å². The first-order valence-corrected chi connectivity index (χ1v) is 47.6. The van der Waals surface area contributed by atoms with Gasteiger partial charge >= 0.3 is 17.9 Å². The number of carbonyl (C=O) groups excluding carboxylic acids is 2.